The largest absolute Gasteiger partial charge is 0.339 e. The lowest BCUT2D eigenvalue weighted by molar-refractivity contribution is -0.138. The summed E-state index contributed by atoms with van der Waals surface area (Å²) in [7, 11) is 0. The van der Waals surface area contributed by atoms with E-state index in [1.165, 1.54) is 0 Å². The second-order valence-electron chi connectivity index (χ2n) is 6.40. The van der Waals surface area contributed by atoms with Gasteiger partial charge in [0.2, 0.25) is 5.91 Å². The van der Waals surface area contributed by atoms with Gasteiger partial charge in [0.1, 0.15) is 0 Å². The molecule has 1 amide bonds. The maximum absolute atomic E-state index is 12.8. The van der Waals surface area contributed by atoms with Crippen molar-refractivity contribution in [2.45, 2.75) is 32.2 Å². The SMILES string of the molecule is CC(CN)N1CCN(C(=O)C(C)(C)c2ccccc2)CC1. The van der Waals surface area contributed by atoms with Crippen LogP contribution in [0.4, 0.5) is 0 Å². The molecule has 0 bridgehead atoms. The quantitative estimate of drug-likeness (QED) is 0.913. The molecular weight excluding hydrogens is 262 g/mol. The number of piperazine rings is 1. The average Bonchev–Trinajstić information content (AvgIpc) is 2.54. The zero-order valence-corrected chi connectivity index (χ0v) is 13.4. The topological polar surface area (TPSA) is 49.6 Å². The van der Waals surface area contributed by atoms with Crippen LogP contribution < -0.4 is 5.73 Å². The van der Waals surface area contributed by atoms with Crippen molar-refractivity contribution in [3.8, 4) is 0 Å². The second kappa shape index (κ2) is 6.58. The first kappa shape index (κ1) is 16.0. The van der Waals surface area contributed by atoms with Crippen LogP contribution >= 0.6 is 0 Å². The van der Waals surface area contributed by atoms with E-state index in [1.807, 2.05) is 49.1 Å². The van der Waals surface area contributed by atoms with E-state index in [2.05, 4.69) is 11.8 Å². The Balaban J connectivity index is 2.02. The predicted octanol–water partition coefficient (Wildman–Crippen LogP) is 1.46. The zero-order valence-electron chi connectivity index (χ0n) is 13.4. The Bertz CT molecular complexity index is 464. The molecule has 4 nitrogen and oxygen atoms in total. The summed E-state index contributed by atoms with van der Waals surface area (Å²) in [6, 6.07) is 10.4. The fourth-order valence-electron chi connectivity index (χ4n) is 2.89. The number of benzene rings is 1. The number of nitrogens with two attached hydrogens (primary N) is 1. The van der Waals surface area contributed by atoms with Crippen LogP contribution in [-0.2, 0) is 10.2 Å². The second-order valence-corrected chi connectivity index (χ2v) is 6.40. The normalized spacial score (nSPS) is 18.6. The van der Waals surface area contributed by atoms with E-state index in [4.69, 9.17) is 5.73 Å². The molecule has 1 saturated heterocycles. The first-order chi connectivity index (χ1) is 9.96. The number of amides is 1. The van der Waals surface area contributed by atoms with Gasteiger partial charge in [-0.2, -0.15) is 0 Å². The highest BCUT2D eigenvalue weighted by atomic mass is 16.2. The molecule has 1 heterocycles. The minimum absolute atomic E-state index is 0.216. The molecule has 0 saturated carbocycles. The van der Waals surface area contributed by atoms with Gasteiger partial charge in [0.15, 0.2) is 0 Å². The lowest BCUT2D eigenvalue weighted by atomic mass is 9.83. The van der Waals surface area contributed by atoms with Crippen LogP contribution in [0.1, 0.15) is 26.3 Å². The van der Waals surface area contributed by atoms with Crippen molar-refractivity contribution in [3.63, 3.8) is 0 Å². The molecule has 1 atom stereocenters. The van der Waals surface area contributed by atoms with Gasteiger partial charge in [-0.05, 0) is 26.3 Å². The lowest BCUT2D eigenvalue weighted by Crippen LogP contribution is -2.55. The van der Waals surface area contributed by atoms with Gasteiger partial charge in [0, 0.05) is 38.8 Å². The van der Waals surface area contributed by atoms with Gasteiger partial charge in [-0.25, -0.2) is 0 Å². The van der Waals surface area contributed by atoms with Gasteiger partial charge < -0.3 is 10.6 Å². The number of hydrogen-bond acceptors (Lipinski definition) is 3. The molecule has 1 aromatic carbocycles. The van der Waals surface area contributed by atoms with Gasteiger partial charge in [0.25, 0.3) is 0 Å². The van der Waals surface area contributed by atoms with Gasteiger partial charge in [-0.3, -0.25) is 9.69 Å². The van der Waals surface area contributed by atoms with Crippen molar-refractivity contribution < 1.29 is 4.79 Å². The first-order valence-corrected chi connectivity index (χ1v) is 7.76. The summed E-state index contributed by atoms with van der Waals surface area (Å²) >= 11 is 0. The fourth-order valence-corrected chi connectivity index (χ4v) is 2.89. The van der Waals surface area contributed by atoms with Gasteiger partial charge in [-0.15, -0.1) is 0 Å². The highest BCUT2D eigenvalue weighted by Gasteiger charge is 2.35. The van der Waals surface area contributed by atoms with E-state index in [0.29, 0.717) is 12.6 Å². The summed E-state index contributed by atoms with van der Waals surface area (Å²) in [5, 5.41) is 0. The molecule has 116 valence electrons. The van der Waals surface area contributed by atoms with E-state index in [0.717, 1.165) is 31.7 Å². The Labute approximate surface area is 127 Å². The van der Waals surface area contributed by atoms with Crippen molar-refractivity contribution >= 4 is 5.91 Å². The third kappa shape index (κ3) is 3.44. The summed E-state index contributed by atoms with van der Waals surface area (Å²) in [6.45, 7) is 10.2. The molecule has 0 aromatic heterocycles. The number of hydrogen-bond donors (Lipinski definition) is 1. The van der Waals surface area contributed by atoms with Crippen molar-refractivity contribution in [1.29, 1.82) is 0 Å². The first-order valence-electron chi connectivity index (χ1n) is 7.76. The third-order valence-electron chi connectivity index (χ3n) is 4.60. The lowest BCUT2D eigenvalue weighted by Gasteiger charge is -2.40. The van der Waals surface area contributed by atoms with Crippen LogP contribution in [0.5, 0.6) is 0 Å². The van der Waals surface area contributed by atoms with Crippen molar-refractivity contribution in [3.05, 3.63) is 35.9 Å². The average molecular weight is 289 g/mol. The molecule has 1 aliphatic rings. The Morgan fingerprint density at radius 3 is 2.29 bits per heavy atom. The van der Waals surface area contributed by atoms with Crippen molar-refractivity contribution in [1.82, 2.24) is 9.80 Å². The number of carbonyl (C=O) groups is 1. The van der Waals surface area contributed by atoms with E-state index in [1.54, 1.807) is 0 Å². The molecule has 2 rings (SSSR count). The van der Waals surface area contributed by atoms with Crippen LogP contribution in [-0.4, -0.2) is 54.5 Å². The van der Waals surface area contributed by atoms with Gasteiger partial charge in [-0.1, -0.05) is 30.3 Å². The van der Waals surface area contributed by atoms with Crippen molar-refractivity contribution in [2.75, 3.05) is 32.7 Å². The van der Waals surface area contributed by atoms with Gasteiger partial charge >= 0.3 is 0 Å². The maximum atomic E-state index is 12.8. The fraction of sp³-hybridized carbons (Fsp3) is 0.588. The minimum atomic E-state index is -0.469. The van der Waals surface area contributed by atoms with E-state index >= 15 is 0 Å². The van der Waals surface area contributed by atoms with Crippen LogP contribution in [0.2, 0.25) is 0 Å². The molecule has 2 N–H and O–H groups in total. The molecule has 21 heavy (non-hydrogen) atoms. The summed E-state index contributed by atoms with van der Waals surface area (Å²) in [5.74, 6) is 0.216. The molecule has 4 heteroatoms. The Hall–Kier alpha value is -1.39. The zero-order chi connectivity index (χ0) is 15.5. The summed E-state index contributed by atoms with van der Waals surface area (Å²) in [6.07, 6.45) is 0. The van der Waals surface area contributed by atoms with E-state index in [-0.39, 0.29) is 5.91 Å². The van der Waals surface area contributed by atoms with E-state index < -0.39 is 5.41 Å². The number of carbonyl (C=O) groups excluding carboxylic acids is 1. The summed E-state index contributed by atoms with van der Waals surface area (Å²) in [5.41, 5.74) is 6.33. The molecule has 0 aliphatic carbocycles. The molecule has 1 unspecified atom stereocenters. The summed E-state index contributed by atoms with van der Waals surface area (Å²) in [4.78, 5) is 17.2. The molecule has 0 spiro atoms. The minimum Gasteiger partial charge on any atom is -0.339 e. The van der Waals surface area contributed by atoms with Crippen LogP contribution in [0.3, 0.4) is 0 Å². The molecule has 1 aliphatic heterocycles. The number of rotatable bonds is 4. The highest BCUT2D eigenvalue weighted by molar-refractivity contribution is 5.87. The Morgan fingerprint density at radius 1 is 1.19 bits per heavy atom. The molecule has 1 fully saturated rings. The van der Waals surface area contributed by atoms with Crippen LogP contribution in [0.25, 0.3) is 0 Å². The predicted molar refractivity (Wildman–Crippen MR) is 86.1 cm³/mol. The van der Waals surface area contributed by atoms with Crippen LogP contribution in [0, 0.1) is 0 Å². The molecule has 1 aromatic rings. The monoisotopic (exact) mass is 289 g/mol. The Morgan fingerprint density at radius 2 is 1.76 bits per heavy atom. The van der Waals surface area contributed by atoms with E-state index in [9.17, 15) is 4.79 Å². The van der Waals surface area contributed by atoms with Gasteiger partial charge in [0.05, 0.1) is 5.41 Å². The molecular formula is C17H27N3O. The summed E-state index contributed by atoms with van der Waals surface area (Å²) < 4.78 is 0. The van der Waals surface area contributed by atoms with Crippen molar-refractivity contribution in [2.24, 2.45) is 5.73 Å². The standard InChI is InChI=1S/C17H27N3O/c1-14(13-18)19-9-11-20(12-10-19)16(21)17(2,3)15-7-5-4-6-8-15/h4-8,14H,9-13,18H2,1-3H3. The molecule has 0 radical (unpaired) electrons. The Kier molecular flexibility index (Phi) is 5.01. The number of nitrogens with zero attached hydrogens (tertiary/aromatic N) is 2. The van der Waals surface area contributed by atoms with Crippen LogP contribution in [0.15, 0.2) is 30.3 Å². The smallest absolute Gasteiger partial charge is 0.232 e. The maximum Gasteiger partial charge on any atom is 0.232 e. The third-order valence-corrected chi connectivity index (χ3v) is 4.60. The highest BCUT2D eigenvalue weighted by Crippen LogP contribution is 2.26.